The molecule has 3 rings (SSSR count). The van der Waals surface area contributed by atoms with Crippen molar-refractivity contribution in [2.45, 2.75) is 6.92 Å². The van der Waals surface area contributed by atoms with Gasteiger partial charge < -0.3 is 10.3 Å². The molecule has 2 heterocycles. The Labute approximate surface area is 113 Å². The number of aliphatic imine (C=N–C) groups is 1. The van der Waals surface area contributed by atoms with Gasteiger partial charge in [-0.05, 0) is 25.1 Å². The van der Waals surface area contributed by atoms with Crippen LogP contribution in [-0.4, -0.2) is 21.8 Å². The van der Waals surface area contributed by atoms with E-state index in [1.807, 2.05) is 19.1 Å². The molecule has 5 nitrogen and oxygen atoms in total. The number of carbonyl (C=O) groups excluding carboxylic acids is 1. The van der Waals surface area contributed by atoms with E-state index in [0.717, 1.165) is 11.2 Å². The lowest BCUT2D eigenvalue weighted by atomic mass is 10.2. The van der Waals surface area contributed by atoms with Gasteiger partial charge in [0, 0.05) is 22.7 Å². The van der Waals surface area contributed by atoms with Gasteiger partial charge in [0.1, 0.15) is 0 Å². The predicted molar refractivity (Wildman–Crippen MR) is 77.0 cm³/mol. The molecule has 1 saturated heterocycles. The first-order valence-electron chi connectivity index (χ1n) is 5.77. The highest BCUT2D eigenvalue weighted by Crippen LogP contribution is 2.20. The smallest absolute Gasteiger partial charge is 0.236 e. The van der Waals surface area contributed by atoms with Crippen LogP contribution in [0.2, 0.25) is 0 Å². The third-order valence-corrected chi connectivity index (χ3v) is 3.64. The minimum Gasteiger partial charge on any atom is -0.358 e. The number of aromatic amines is 1. The van der Waals surface area contributed by atoms with Crippen LogP contribution in [0.3, 0.4) is 0 Å². The zero-order valence-corrected chi connectivity index (χ0v) is 11.0. The number of nitrogens with zero attached hydrogens (tertiary/aromatic N) is 1. The number of thioether (sulfide) groups is 1. The Morgan fingerprint density at radius 1 is 1.26 bits per heavy atom. The van der Waals surface area contributed by atoms with Gasteiger partial charge in [-0.3, -0.25) is 9.59 Å². The summed E-state index contributed by atoms with van der Waals surface area (Å²) >= 11 is 1.36. The first-order valence-corrected chi connectivity index (χ1v) is 6.75. The Balaban J connectivity index is 2.07. The maximum Gasteiger partial charge on any atom is 0.236 e. The Kier molecular flexibility index (Phi) is 2.87. The van der Waals surface area contributed by atoms with Gasteiger partial charge in [0.05, 0.1) is 11.4 Å². The molecule has 0 spiro atoms. The molecule has 1 fully saturated rings. The Hall–Kier alpha value is -2.08. The van der Waals surface area contributed by atoms with E-state index in [0.29, 0.717) is 22.0 Å². The molecule has 0 aliphatic carbocycles. The summed E-state index contributed by atoms with van der Waals surface area (Å²) in [5.41, 5.74) is 2.25. The highest BCUT2D eigenvalue weighted by atomic mass is 32.2. The van der Waals surface area contributed by atoms with E-state index in [2.05, 4.69) is 15.3 Å². The number of nitrogens with one attached hydrogen (secondary N) is 2. The van der Waals surface area contributed by atoms with Crippen LogP contribution in [0.15, 0.2) is 34.1 Å². The van der Waals surface area contributed by atoms with Crippen LogP contribution in [-0.2, 0) is 4.79 Å². The van der Waals surface area contributed by atoms with E-state index in [-0.39, 0.29) is 11.3 Å². The quantitative estimate of drug-likeness (QED) is 0.830. The van der Waals surface area contributed by atoms with Crippen molar-refractivity contribution in [1.29, 1.82) is 0 Å². The van der Waals surface area contributed by atoms with E-state index in [4.69, 9.17) is 0 Å². The first kappa shape index (κ1) is 12.0. The van der Waals surface area contributed by atoms with Crippen molar-refractivity contribution in [2.24, 2.45) is 4.99 Å². The summed E-state index contributed by atoms with van der Waals surface area (Å²) in [4.78, 5) is 30.4. The number of pyridine rings is 1. The molecule has 0 bridgehead atoms. The van der Waals surface area contributed by atoms with Crippen molar-refractivity contribution in [1.82, 2.24) is 10.3 Å². The number of aromatic nitrogens is 1. The van der Waals surface area contributed by atoms with Gasteiger partial charge in [0.2, 0.25) is 5.91 Å². The summed E-state index contributed by atoms with van der Waals surface area (Å²) in [7, 11) is 0. The molecule has 0 radical (unpaired) electrons. The standard InChI is InChI=1S/C13H11N3O2S/c1-7-4-11(17)9-5-8(2-3-10(9)14-7)15-13-16-12(18)6-19-13/h2-5H,6H2,1H3,(H,14,17)(H,15,16,18). The van der Waals surface area contributed by atoms with Crippen molar-refractivity contribution in [3.05, 3.63) is 40.2 Å². The van der Waals surface area contributed by atoms with Crippen LogP contribution in [0, 0.1) is 6.92 Å². The largest absolute Gasteiger partial charge is 0.358 e. The number of benzene rings is 1. The lowest BCUT2D eigenvalue weighted by Crippen LogP contribution is -2.19. The van der Waals surface area contributed by atoms with Crippen LogP contribution < -0.4 is 10.7 Å². The second-order valence-corrected chi connectivity index (χ2v) is 5.26. The second kappa shape index (κ2) is 4.55. The highest BCUT2D eigenvalue weighted by Gasteiger charge is 2.16. The number of hydrogen-bond donors (Lipinski definition) is 2. The molecule has 1 amide bonds. The fourth-order valence-electron chi connectivity index (χ4n) is 1.94. The summed E-state index contributed by atoms with van der Waals surface area (Å²) in [6.07, 6.45) is 0. The lowest BCUT2D eigenvalue weighted by Gasteiger charge is -2.02. The van der Waals surface area contributed by atoms with Crippen molar-refractivity contribution in [2.75, 3.05) is 5.75 Å². The molecule has 0 unspecified atom stereocenters. The third-order valence-electron chi connectivity index (χ3n) is 2.77. The molecule has 1 aliphatic rings. The summed E-state index contributed by atoms with van der Waals surface area (Å²) in [5, 5.41) is 3.84. The number of H-pyrrole nitrogens is 1. The zero-order chi connectivity index (χ0) is 13.4. The average Bonchev–Trinajstić information content (AvgIpc) is 2.75. The molecule has 1 aromatic heterocycles. The number of fused-ring (bicyclic) bond motifs is 1. The van der Waals surface area contributed by atoms with Crippen LogP contribution >= 0.6 is 11.8 Å². The molecule has 0 saturated carbocycles. The van der Waals surface area contributed by atoms with Crippen LogP contribution in [0.4, 0.5) is 5.69 Å². The maximum atomic E-state index is 11.9. The molecule has 6 heteroatoms. The predicted octanol–water partition coefficient (Wildman–Crippen LogP) is 1.69. The van der Waals surface area contributed by atoms with Gasteiger partial charge in [0.25, 0.3) is 0 Å². The zero-order valence-electron chi connectivity index (χ0n) is 10.2. The summed E-state index contributed by atoms with van der Waals surface area (Å²) in [5.74, 6) is 0.352. The normalized spacial score (nSPS) is 17.1. The van der Waals surface area contributed by atoms with E-state index in [9.17, 15) is 9.59 Å². The van der Waals surface area contributed by atoms with Gasteiger partial charge in [-0.1, -0.05) is 11.8 Å². The number of carbonyl (C=O) groups is 1. The monoisotopic (exact) mass is 273 g/mol. The molecular weight excluding hydrogens is 262 g/mol. The van der Waals surface area contributed by atoms with Crippen LogP contribution in [0.1, 0.15) is 5.69 Å². The number of amides is 1. The number of rotatable bonds is 1. The Morgan fingerprint density at radius 3 is 2.84 bits per heavy atom. The summed E-state index contributed by atoms with van der Waals surface area (Å²) in [6, 6.07) is 6.93. The average molecular weight is 273 g/mol. The molecule has 19 heavy (non-hydrogen) atoms. The van der Waals surface area contributed by atoms with Crippen molar-refractivity contribution in [3.8, 4) is 0 Å². The topological polar surface area (TPSA) is 74.3 Å². The first-order chi connectivity index (χ1) is 9.11. The third kappa shape index (κ3) is 2.39. The van der Waals surface area contributed by atoms with E-state index < -0.39 is 0 Å². The summed E-state index contributed by atoms with van der Waals surface area (Å²) in [6.45, 7) is 1.85. The van der Waals surface area contributed by atoms with Gasteiger partial charge >= 0.3 is 0 Å². The number of aryl methyl sites for hydroxylation is 1. The number of amidine groups is 1. The molecule has 2 aromatic rings. The Bertz CT molecular complexity index is 764. The second-order valence-electron chi connectivity index (χ2n) is 4.30. The molecule has 1 aromatic carbocycles. The summed E-state index contributed by atoms with van der Waals surface area (Å²) < 4.78 is 0. The highest BCUT2D eigenvalue weighted by molar-refractivity contribution is 8.15. The maximum absolute atomic E-state index is 11.9. The van der Waals surface area contributed by atoms with Gasteiger partial charge in [-0.15, -0.1) is 0 Å². The van der Waals surface area contributed by atoms with E-state index >= 15 is 0 Å². The van der Waals surface area contributed by atoms with E-state index in [1.165, 1.54) is 11.8 Å². The van der Waals surface area contributed by atoms with Gasteiger partial charge in [0.15, 0.2) is 10.6 Å². The van der Waals surface area contributed by atoms with Crippen molar-refractivity contribution < 1.29 is 4.79 Å². The Morgan fingerprint density at radius 2 is 2.11 bits per heavy atom. The van der Waals surface area contributed by atoms with Crippen LogP contribution in [0.5, 0.6) is 0 Å². The lowest BCUT2D eigenvalue weighted by molar-refractivity contribution is -0.116. The molecule has 96 valence electrons. The fraction of sp³-hybridized carbons (Fsp3) is 0.154. The molecule has 2 N–H and O–H groups in total. The van der Waals surface area contributed by atoms with Crippen molar-refractivity contribution >= 4 is 39.4 Å². The van der Waals surface area contributed by atoms with E-state index in [1.54, 1.807) is 12.1 Å². The minimum atomic E-state index is -0.0435. The van der Waals surface area contributed by atoms with Gasteiger partial charge in [-0.2, -0.15) is 0 Å². The molecule has 0 atom stereocenters. The molecular formula is C13H11N3O2S. The minimum absolute atomic E-state index is 0.0311. The number of hydrogen-bond acceptors (Lipinski definition) is 4. The van der Waals surface area contributed by atoms with Gasteiger partial charge in [-0.25, -0.2) is 4.99 Å². The fourth-order valence-corrected chi connectivity index (χ4v) is 2.64. The van der Waals surface area contributed by atoms with Crippen LogP contribution in [0.25, 0.3) is 10.9 Å². The van der Waals surface area contributed by atoms with Crippen molar-refractivity contribution in [3.63, 3.8) is 0 Å². The SMILES string of the molecule is Cc1cc(=O)c2cc(N=C3NC(=O)CS3)ccc2[nH]1. The molecule has 1 aliphatic heterocycles.